The number of fused-ring (bicyclic) bond motifs is 1. The number of imidazole rings is 1. The first-order chi connectivity index (χ1) is 12.6. The Hall–Kier alpha value is -2.66. The van der Waals surface area contributed by atoms with Gasteiger partial charge in [-0.15, -0.1) is 0 Å². The molecule has 0 saturated heterocycles. The summed E-state index contributed by atoms with van der Waals surface area (Å²) in [5.41, 5.74) is 3.10. The van der Waals surface area contributed by atoms with Crippen molar-refractivity contribution in [1.29, 1.82) is 0 Å². The van der Waals surface area contributed by atoms with E-state index in [0.717, 1.165) is 41.5 Å². The fraction of sp³-hybridized carbons (Fsp3) is 0.333. The number of nitrogens with one attached hydrogen (secondary N) is 1. The van der Waals surface area contributed by atoms with E-state index >= 15 is 0 Å². The highest BCUT2D eigenvalue weighted by atomic mass is 16.3. The molecule has 4 rings (SSSR count). The Morgan fingerprint density at radius 3 is 2.73 bits per heavy atom. The molecule has 1 aliphatic rings. The van der Waals surface area contributed by atoms with E-state index in [2.05, 4.69) is 33.1 Å². The van der Waals surface area contributed by atoms with E-state index in [-0.39, 0.29) is 5.91 Å². The number of hydrogen-bond donors (Lipinski definition) is 2. The highest BCUT2D eigenvalue weighted by molar-refractivity contribution is 5.85. The van der Waals surface area contributed by atoms with Crippen LogP contribution in [0.1, 0.15) is 36.8 Å². The van der Waals surface area contributed by atoms with Crippen molar-refractivity contribution in [2.24, 2.45) is 0 Å². The van der Waals surface area contributed by atoms with Crippen LogP contribution in [-0.4, -0.2) is 26.2 Å². The first-order valence-corrected chi connectivity index (χ1v) is 9.12. The summed E-state index contributed by atoms with van der Waals surface area (Å²) in [6, 6.07) is 16.2. The van der Waals surface area contributed by atoms with Gasteiger partial charge in [0, 0.05) is 13.1 Å². The predicted molar refractivity (Wildman–Crippen MR) is 101 cm³/mol. The third kappa shape index (κ3) is 3.35. The summed E-state index contributed by atoms with van der Waals surface area (Å²) < 4.78 is 2.12. The zero-order chi connectivity index (χ0) is 18.0. The summed E-state index contributed by atoms with van der Waals surface area (Å²) in [4.78, 5) is 16.7. The average Bonchev–Trinajstić information content (AvgIpc) is 3.28. The molecule has 2 N–H and O–H groups in total. The number of carbonyl (C=O) groups excluding carboxylic acids is 1. The van der Waals surface area contributed by atoms with Crippen molar-refractivity contribution < 1.29 is 9.90 Å². The fourth-order valence-corrected chi connectivity index (χ4v) is 3.70. The van der Waals surface area contributed by atoms with Gasteiger partial charge in [0.2, 0.25) is 0 Å². The van der Waals surface area contributed by atoms with Crippen molar-refractivity contribution in [3.05, 3.63) is 66.0 Å². The molecular weight excluding hydrogens is 326 g/mol. The van der Waals surface area contributed by atoms with Crippen molar-refractivity contribution in [1.82, 2.24) is 14.9 Å². The van der Waals surface area contributed by atoms with Gasteiger partial charge in [0.15, 0.2) is 0 Å². The van der Waals surface area contributed by atoms with Crippen LogP contribution < -0.4 is 5.32 Å². The van der Waals surface area contributed by atoms with Gasteiger partial charge in [0.25, 0.3) is 5.91 Å². The molecule has 1 aliphatic carbocycles. The van der Waals surface area contributed by atoms with E-state index < -0.39 is 5.60 Å². The SMILES string of the molecule is O=C(NCc1cccc(Cn2cnc3ccccc32)c1)C1(O)CCCC1. The molecule has 2 aromatic carbocycles. The van der Waals surface area contributed by atoms with Gasteiger partial charge in [0.05, 0.1) is 17.4 Å². The lowest BCUT2D eigenvalue weighted by Crippen LogP contribution is -2.44. The Morgan fingerprint density at radius 1 is 1.12 bits per heavy atom. The van der Waals surface area contributed by atoms with E-state index in [9.17, 15) is 9.90 Å². The van der Waals surface area contributed by atoms with Crippen molar-refractivity contribution in [2.75, 3.05) is 0 Å². The van der Waals surface area contributed by atoms with E-state index in [1.807, 2.05) is 36.7 Å². The molecule has 1 amide bonds. The number of hydrogen-bond acceptors (Lipinski definition) is 3. The van der Waals surface area contributed by atoms with Gasteiger partial charge in [-0.3, -0.25) is 4.79 Å². The second-order valence-corrected chi connectivity index (χ2v) is 7.10. The highest BCUT2D eigenvalue weighted by Crippen LogP contribution is 2.29. The summed E-state index contributed by atoms with van der Waals surface area (Å²) in [7, 11) is 0. The zero-order valence-electron chi connectivity index (χ0n) is 14.7. The topological polar surface area (TPSA) is 67.2 Å². The number of amides is 1. The van der Waals surface area contributed by atoms with Crippen LogP contribution in [0, 0.1) is 0 Å². The third-order valence-electron chi connectivity index (χ3n) is 5.18. The van der Waals surface area contributed by atoms with Gasteiger partial charge >= 0.3 is 0 Å². The lowest BCUT2D eigenvalue weighted by Gasteiger charge is -2.21. The molecule has 1 fully saturated rings. The Kier molecular flexibility index (Phi) is 4.47. The molecule has 3 aromatic rings. The molecule has 26 heavy (non-hydrogen) atoms. The minimum absolute atomic E-state index is 0.249. The monoisotopic (exact) mass is 349 g/mol. The van der Waals surface area contributed by atoms with Crippen LogP contribution in [0.15, 0.2) is 54.9 Å². The number of benzene rings is 2. The summed E-state index contributed by atoms with van der Waals surface area (Å²) in [5, 5.41) is 13.2. The largest absolute Gasteiger partial charge is 0.380 e. The zero-order valence-corrected chi connectivity index (χ0v) is 14.7. The molecule has 1 saturated carbocycles. The molecule has 0 unspecified atom stereocenters. The molecule has 0 radical (unpaired) electrons. The summed E-state index contributed by atoms with van der Waals surface area (Å²) in [6.07, 6.45) is 4.81. The van der Waals surface area contributed by atoms with Crippen LogP contribution in [0.25, 0.3) is 11.0 Å². The van der Waals surface area contributed by atoms with Crippen LogP contribution in [-0.2, 0) is 17.9 Å². The maximum absolute atomic E-state index is 12.3. The molecule has 0 atom stereocenters. The molecule has 5 heteroatoms. The fourth-order valence-electron chi connectivity index (χ4n) is 3.70. The van der Waals surface area contributed by atoms with Gasteiger partial charge in [-0.2, -0.15) is 0 Å². The average molecular weight is 349 g/mol. The lowest BCUT2D eigenvalue weighted by molar-refractivity contribution is -0.139. The molecular formula is C21H23N3O2. The molecule has 1 aromatic heterocycles. The normalized spacial score (nSPS) is 16.0. The van der Waals surface area contributed by atoms with E-state index in [1.165, 1.54) is 0 Å². The van der Waals surface area contributed by atoms with Crippen molar-refractivity contribution in [3.63, 3.8) is 0 Å². The van der Waals surface area contributed by atoms with Gasteiger partial charge < -0.3 is 15.0 Å². The maximum Gasteiger partial charge on any atom is 0.252 e. The quantitative estimate of drug-likeness (QED) is 0.744. The third-order valence-corrected chi connectivity index (χ3v) is 5.18. The molecule has 5 nitrogen and oxygen atoms in total. The Labute approximate surface area is 152 Å². The number of aromatic nitrogens is 2. The Bertz CT molecular complexity index is 926. The van der Waals surface area contributed by atoms with Crippen LogP contribution in [0.4, 0.5) is 0 Å². The summed E-state index contributed by atoms with van der Waals surface area (Å²) >= 11 is 0. The first-order valence-electron chi connectivity index (χ1n) is 9.12. The lowest BCUT2D eigenvalue weighted by atomic mass is 10.0. The number of rotatable bonds is 5. The summed E-state index contributed by atoms with van der Waals surface area (Å²) in [6.45, 7) is 1.16. The number of nitrogens with zero attached hydrogens (tertiary/aromatic N) is 2. The molecule has 0 spiro atoms. The molecule has 1 heterocycles. The number of carbonyl (C=O) groups is 1. The number of aliphatic hydroxyl groups is 1. The summed E-state index contributed by atoms with van der Waals surface area (Å²) in [5.74, 6) is -0.249. The first kappa shape index (κ1) is 16.8. The second-order valence-electron chi connectivity index (χ2n) is 7.10. The second kappa shape index (κ2) is 6.92. The van der Waals surface area contributed by atoms with Gasteiger partial charge in [-0.05, 0) is 48.9 Å². The highest BCUT2D eigenvalue weighted by Gasteiger charge is 2.38. The smallest absolute Gasteiger partial charge is 0.252 e. The van der Waals surface area contributed by atoms with E-state index in [4.69, 9.17) is 0 Å². The van der Waals surface area contributed by atoms with Gasteiger partial charge in [-0.25, -0.2) is 4.98 Å². The van der Waals surface area contributed by atoms with Crippen LogP contribution in [0.5, 0.6) is 0 Å². The van der Waals surface area contributed by atoms with Crippen LogP contribution >= 0.6 is 0 Å². The molecule has 0 bridgehead atoms. The number of para-hydroxylation sites is 2. The molecule has 134 valence electrons. The molecule has 0 aliphatic heterocycles. The van der Waals surface area contributed by atoms with E-state index in [1.54, 1.807) is 0 Å². The minimum Gasteiger partial charge on any atom is -0.380 e. The minimum atomic E-state index is -1.17. The van der Waals surface area contributed by atoms with Crippen LogP contribution in [0.2, 0.25) is 0 Å². The maximum atomic E-state index is 12.3. The van der Waals surface area contributed by atoms with Crippen molar-refractivity contribution in [2.45, 2.75) is 44.4 Å². The standard InChI is InChI=1S/C21H23N3O2/c25-20(21(26)10-3-4-11-21)22-13-16-6-5-7-17(12-16)14-24-15-23-18-8-1-2-9-19(18)24/h1-2,5-9,12,15,26H,3-4,10-11,13-14H2,(H,22,25). The van der Waals surface area contributed by atoms with Crippen molar-refractivity contribution in [3.8, 4) is 0 Å². The van der Waals surface area contributed by atoms with Crippen molar-refractivity contribution >= 4 is 16.9 Å². The van der Waals surface area contributed by atoms with Gasteiger partial charge in [-0.1, -0.05) is 36.4 Å². The van der Waals surface area contributed by atoms with E-state index in [0.29, 0.717) is 19.4 Å². The van der Waals surface area contributed by atoms with Gasteiger partial charge in [0.1, 0.15) is 5.60 Å². The Morgan fingerprint density at radius 2 is 1.88 bits per heavy atom. The Balaban J connectivity index is 1.44. The predicted octanol–water partition coefficient (Wildman–Crippen LogP) is 3.01. The van der Waals surface area contributed by atoms with Crippen LogP contribution in [0.3, 0.4) is 0 Å².